The van der Waals surface area contributed by atoms with Crippen LogP contribution in [0.2, 0.25) is 0 Å². The van der Waals surface area contributed by atoms with Crippen molar-refractivity contribution in [2.45, 2.75) is 51.6 Å². The first-order valence-electron chi connectivity index (χ1n) is 5.37. The number of hydrogen-bond acceptors (Lipinski definition) is 1. The van der Waals surface area contributed by atoms with Crippen molar-refractivity contribution in [1.29, 1.82) is 0 Å². The number of hydrogen-bond donors (Lipinski definition) is 0. The largest absolute Gasteiger partial charge is 0.375 e. The lowest BCUT2D eigenvalue weighted by molar-refractivity contribution is -0.0540. The Morgan fingerprint density at radius 1 is 1.08 bits per heavy atom. The van der Waals surface area contributed by atoms with Gasteiger partial charge in [0.15, 0.2) is 0 Å². The van der Waals surface area contributed by atoms with E-state index < -0.39 is 0 Å². The fourth-order valence-corrected chi connectivity index (χ4v) is 2.73. The zero-order chi connectivity index (χ0) is 8.60. The van der Waals surface area contributed by atoms with Gasteiger partial charge in [-0.25, -0.2) is 0 Å². The SMILES string of the molecule is CC1CCC2(CC1)OCC[C@@H]2C. The minimum atomic E-state index is 0.312. The molecule has 1 aliphatic carbocycles. The maximum absolute atomic E-state index is 5.94. The van der Waals surface area contributed by atoms with Crippen molar-refractivity contribution >= 4 is 0 Å². The fourth-order valence-electron chi connectivity index (χ4n) is 2.73. The summed E-state index contributed by atoms with van der Waals surface area (Å²) >= 11 is 0. The second kappa shape index (κ2) is 3.02. The molecule has 0 aromatic carbocycles. The Labute approximate surface area is 75.5 Å². The van der Waals surface area contributed by atoms with Crippen LogP contribution in [0.5, 0.6) is 0 Å². The van der Waals surface area contributed by atoms with E-state index >= 15 is 0 Å². The van der Waals surface area contributed by atoms with Crippen molar-refractivity contribution in [2.24, 2.45) is 11.8 Å². The third-order valence-corrected chi connectivity index (χ3v) is 3.96. The molecule has 1 saturated carbocycles. The van der Waals surface area contributed by atoms with Crippen LogP contribution in [-0.2, 0) is 4.74 Å². The van der Waals surface area contributed by atoms with E-state index in [4.69, 9.17) is 4.74 Å². The molecule has 1 nitrogen and oxygen atoms in total. The lowest BCUT2D eigenvalue weighted by Gasteiger charge is -2.38. The van der Waals surface area contributed by atoms with Crippen LogP contribution in [0.4, 0.5) is 0 Å². The van der Waals surface area contributed by atoms with Crippen LogP contribution < -0.4 is 0 Å². The molecule has 0 bridgehead atoms. The highest BCUT2D eigenvalue weighted by Crippen LogP contribution is 2.44. The normalized spacial score (nSPS) is 48.5. The Morgan fingerprint density at radius 2 is 1.75 bits per heavy atom. The van der Waals surface area contributed by atoms with E-state index in [-0.39, 0.29) is 0 Å². The minimum absolute atomic E-state index is 0.312. The second-order valence-corrected chi connectivity index (χ2v) is 4.79. The molecule has 1 saturated heterocycles. The zero-order valence-electron chi connectivity index (χ0n) is 8.31. The maximum atomic E-state index is 5.94. The molecule has 2 rings (SSSR count). The standard InChI is InChI=1S/C11H20O/c1-9-3-6-11(7-4-9)10(2)5-8-12-11/h9-10H,3-8H2,1-2H3/t9?,10-,11?/m0/s1. The lowest BCUT2D eigenvalue weighted by atomic mass is 9.73. The van der Waals surface area contributed by atoms with Gasteiger partial charge in [0.2, 0.25) is 0 Å². The molecule has 2 aliphatic rings. The van der Waals surface area contributed by atoms with Gasteiger partial charge < -0.3 is 4.74 Å². The van der Waals surface area contributed by atoms with Gasteiger partial charge in [-0.1, -0.05) is 13.8 Å². The summed E-state index contributed by atoms with van der Waals surface area (Å²) < 4.78 is 5.94. The third-order valence-electron chi connectivity index (χ3n) is 3.96. The molecule has 1 heterocycles. The topological polar surface area (TPSA) is 9.23 Å². The van der Waals surface area contributed by atoms with Gasteiger partial charge in [0.25, 0.3) is 0 Å². The monoisotopic (exact) mass is 168 g/mol. The first kappa shape index (κ1) is 8.55. The molecule has 2 fully saturated rings. The van der Waals surface area contributed by atoms with Crippen molar-refractivity contribution in [1.82, 2.24) is 0 Å². The molecule has 1 atom stereocenters. The van der Waals surface area contributed by atoms with E-state index in [1.807, 2.05) is 0 Å². The van der Waals surface area contributed by atoms with E-state index in [2.05, 4.69) is 13.8 Å². The van der Waals surface area contributed by atoms with E-state index in [0.717, 1.165) is 18.4 Å². The molecule has 1 aliphatic heterocycles. The molecule has 0 aromatic heterocycles. The van der Waals surface area contributed by atoms with E-state index in [0.29, 0.717) is 5.60 Å². The Morgan fingerprint density at radius 3 is 2.25 bits per heavy atom. The van der Waals surface area contributed by atoms with Gasteiger partial charge in [0, 0.05) is 6.61 Å². The van der Waals surface area contributed by atoms with Crippen LogP contribution >= 0.6 is 0 Å². The number of ether oxygens (including phenoxy) is 1. The summed E-state index contributed by atoms with van der Waals surface area (Å²) in [4.78, 5) is 0. The summed E-state index contributed by atoms with van der Waals surface area (Å²) in [6.45, 7) is 5.74. The molecule has 0 radical (unpaired) electrons. The van der Waals surface area contributed by atoms with E-state index in [9.17, 15) is 0 Å². The van der Waals surface area contributed by atoms with Gasteiger partial charge in [-0.2, -0.15) is 0 Å². The van der Waals surface area contributed by atoms with Crippen molar-refractivity contribution in [3.05, 3.63) is 0 Å². The highest BCUT2D eigenvalue weighted by molar-refractivity contribution is 4.93. The smallest absolute Gasteiger partial charge is 0.0709 e. The van der Waals surface area contributed by atoms with Crippen molar-refractivity contribution in [3.63, 3.8) is 0 Å². The molecule has 1 heteroatoms. The van der Waals surface area contributed by atoms with Crippen LogP contribution in [0.1, 0.15) is 46.0 Å². The highest BCUT2D eigenvalue weighted by atomic mass is 16.5. The molecular weight excluding hydrogens is 148 g/mol. The van der Waals surface area contributed by atoms with Crippen molar-refractivity contribution in [2.75, 3.05) is 6.61 Å². The summed E-state index contributed by atoms with van der Waals surface area (Å²) in [5.74, 6) is 1.75. The second-order valence-electron chi connectivity index (χ2n) is 4.79. The zero-order valence-corrected chi connectivity index (χ0v) is 8.31. The molecule has 0 unspecified atom stereocenters. The highest BCUT2D eigenvalue weighted by Gasteiger charge is 2.43. The predicted molar refractivity (Wildman–Crippen MR) is 50.1 cm³/mol. The van der Waals surface area contributed by atoms with E-state index in [1.54, 1.807) is 0 Å². The summed E-state index contributed by atoms with van der Waals surface area (Å²) in [5.41, 5.74) is 0.312. The molecule has 0 aromatic rings. The average molecular weight is 168 g/mol. The van der Waals surface area contributed by atoms with Gasteiger partial charge in [-0.15, -0.1) is 0 Å². The number of rotatable bonds is 0. The maximum Gasteiger partial charge on any atom is 0.0709 e. The Hall–Kier alpha value is -0.0400. The van der Waals surface area contributed by atoms with Crippen LogP contribution in [-0.4, -0.2) is 12.2 Å². The van der Waals surface area contributed by atoms with Gasteiger partial charge in [-0.05, 0) is 43.9 Å². The van der Waals surface area contributed by atoms with Crippen LogP contribution in [0.15, 0.2) is 0 Å². The van der Waals surface area contributed by atoms with Crippen LogP contribution in [0.3, 0.4) is 0 Å². The molecule has 70 valence electrons. The Bertz CT molecular complexity index is 156. The Kier molecular flexibility index (Phi) is 2.16. The third kappa shape index (κ3) is 1.28. The quantitative estimate of drug-likeness (QED) is 0.540. The van der Waals surface area contributed by atoms with Crippen LogP contribution in [0.25, 0.3) is 0 Å². The van der Waals surface area contributed by atoms with Gasteiger partial charge in [-0.3, -0.25) is 0 Å². The summed E-state index contributed by atoms with van der Waals surface area (Å²) in [6, 6.07) is 0. The first-order chi connectivity index (χ1) is 5.73. The minimum Gasteiger partial charge on any atom is -0.375 e. The van der Waals surface area contributed by atoms with Crippen molar-refractivity contribution < 1.29 is 4.74 Å². The molecule has 0 amide bonds. The van der Waals surface area contributed by atoms with Gasteiger partial charge in [0.1, 0.15) is 0 Å². The first-order valence-corrected chi connectivity index (χ1v) is 5.37. The summed E-state index contributed by atoms with van der Waals surface area (Å²) in [6.07, 6.45) is 6.67. The van der Waals surface area contributed by atoms with Gasteiger partial charge >= 0.3 is 0 Å². The Balaban J connectivity index is 2.02. The average Bonchev–Trinajstić information content (AvgIpc) is 2.41. The molecular formula is C11H20O. The van der Waals surface area contributed by atoms with Gasteiger partial charge in [0.05, 0.1) is 5.60 Å². The molecule has 12 heavy (non-hydrogen) atoms. The predicted octanol–water partition coefficient (Wildman–Crippen LogP) is 2.99. The summed E-state index contributed by atoms with van der Waals surface area (Å²) in [7, 11) is 0. The molecule has 0 N–H and O–H groups in total. The fraction of sp³-hybridized carbons (Fsp3) is 1.00. The summed E-state index contributed by atoms with van der Waals surface area (Å²) in [5, 5.41) is 0. The van der Waals surface area contributed by atoms with Crippen molar-refractivity contribution in [3.8, 4) is 0 Å². The van der Waals surface area contributed by atoms with E-state index in [1.165, 1.54) is 32.1 Å². The lowest BCUT2D eigenvalue weighted by Crippen LogP contribution is -2.37. The van der Waals surface area contributed by atoms with Crippen LogP contribution in [0, 0.1) is 11.8 Å². The molecule has 1 spiro atoms.